The Labute approximate surface area is 202 Å². The summed E-state index contributed by atoms with van der Waals surface area (Å²) in [4.78, 5) is 33.8. The maximum Gasteiger partial charge on any atom is 0.255 e. The molecule has 3 heterocycles. The molecular weight excluding hydrogens is 467 g/mol. The number of nitrogens with zero attached hydrogens (tertiary/aromatic N) is 3. The molecule has 0 radical (unpaired) electrons. The number of likely N-dealkylation sites (tertiary alicyclic amines) is 1. The molecule has 4 rings (SSSR count). The van der Waals surface area contributed by atoms with Gasteiger partial charge in [-0.25, -0.2) is 4.98 Å². The molecule has 2 saturated heterocycles. The standard InChI is InChI=1S/C23H26Cl2N4O4/c24-18-4-1-5-19(25)17(18)14-33-20-11-16(12-27-21(20)26)23(31)29-6-2-3-15(13-29)22(30)28-7-9-32-10-8-28/h1,4-5,11-12,15H,2-3,6-10,13-14H2,(H2,26,27). The van der Waals surface area contributed by atoms with Crippen molar-refractivity contribution in [3.63, 3.8) is 0 Å². The number of nitrogens with two attached hydrogens (primary N) is 1. The summed E-state index contributed by atoms with van der Waals surface area (Å²) >= 11 is 12.4. The molecule has 33 heavy (non-hydrogen) atoms. The molecule has 1 unspecified atom stereocenters. The number of hydrogen-bond donors (Lipinski definition) is 1. The Kier molecular flexibility index (Phi) is 7.57. The smallest absolute Gasteiger partial charge is 0.255 e. The first-order valence-electron chi connectivity index (χ1n) is 10.9. The quantitative estimate of drug-likeness (QED) is 0.687. The van der Waals surface area contributed by atoms with Crippen molar-refractivity contribution in [3.05, 3.63) is 51.6 Å². The number of aromatic nitrogens is 1. The van der Waals surface area contributed by atoms with Crippen molar-refractivity contribution >= 4 is 40.8 Å². The topological polar surface area (TPSA) is 98.0 Å². The van der Waals surface area contributed by atoms with Crippen LogP contribution in [0.1, 0.15) is 28.8 Å². The third-order valence-corrected chi connectivity index (χ3v) is 6.65. The highest BCUT2D eigenvalue weighted by Crippen LogP contribution is 2.28. The minimum Gasteiger partial charge on any atom is -0.485 e. The number of carbonyl (C=O) groups is 2. The summed E-state index contributed by atoms with van der Waals surface area (Å²) in [6, 6.07) is 6.76. The van der Waals surface area contributed by atoms with Gasteiger partial charge < -0.3 is 25.0 Å². The van der Waals surface area contributed by atoms with E-state index >= 15 is 0 Å². The zero-order valence-electron chi connectivity index (χ0n) is 18.1. The van der Waals surface area contributed by atoms with Crippen molar-refractivity contribution in [2.75, 3.05) is 45.1 Å². The van der Waals surface area contributed by atoms with Crippen LogP contribution in [0, 0.1) is 5.92 Å². The predicted octanol–water partition coefficient (Wildman–Crippen LogP) is 3.26. The highest BCUT2D eigenvalue weighted by atomic mass is 35.5. The summed E-state index contributed by atoms with van der Waals surface area (Å²) in [6.07, 6.45) is 2.97. The van der Waals surface area contributed by atoms with Gasteiger partial charge in [0, 0.05) is 48.0 Å². The van der Waals surface area contributed by atoms with Crippen molar-refractivity contribution in [1.29, 1.82) is 0 Å². The maximum absolute atomic E-state index is 13.2. The van der Waals surface area contributed by atoms with Crippen molar-refractivity contribution < 1.29 is 19.1 Å². The minimum absolute atomic E-state index is 0.0852. The zero-order chi connectivity index (χ0) is 23.4. The normalized spacial score (nSPS) is 18.8. The van der Waals surface area contributed by atoms with E-state index in [9.17, 15) is 9.59 Å². The van der Waals surface area contributed by atoms with Gasteiger partial charge in [0.1, 0.15) is 6.61 Å². The molecule has 1 aromatic heterocycles. The number of pyridine rings is 1. The van der Waals surface area contributed by atoms with E-state index in [0.717, 1.165) is 12.8 Å². The number of morpholine rings is 1. The number of anilines is 1. The van der Waals surface area contributed by atoms with E-state index < -0.39 is 0 Å². The Balaban J connectivity index is 1.44. The number of halogens is 2. The number of nitrogen functional groups attached to an aromatic ring is 1. The molecule has 1 atom stereocenters. The lowest BCUT2D eigenvalue weighted by molar-refractivity contribution is -0.141. The average Bonchev–Trinajstić information content (AvgIpc) is 2.84. The molecule has 2 amide bonds. The lowest BCUT2D eigenvalue weighted by Gasteiger charge is -2.36. The molecule has 2 N–H and O–H groups in total. The molecule has 2 aliphatic heterocycles. The van der Waals surface area contributed by atoms with Crippen LogP contribution >= 0.6 is 23.2 Å². The summed E-state index contributed by atoms with van der Waals surface area (Å²) in [5, 5.41) is 0.955. The summed E-state index contributed by atoms with van der Waals surface area (Å²) < 4.78 is 11.1. The van der Waals surface area contributed by atoms with Gasteiger partial charge in [0.15, 0.2) is 11.6 Å². The molecular formula is C23H26Cl2N4O4. The lowest BCUT2D eigenvalue weighted by atomic mass is 9.95. The fourth-order valence-electron chi connectivity index (χ4n) is 4.10. The van der Waals surface area contributed by atoms with Gasteiger partial charge in [0.05, 0.1) is 24.7 Å². The Hall–Kier alpha value is -2.55. The number of hydrogen-bond acceptors (Lipinski definition) is 6. The number of amides is 2. The van der Waals surface area contributed by atoms with E-state index in [4.69, 9.17) is 38.4 Å². The van der Waals surface area contributed by atoms with Crippen molar-refractivity contribution in [3.8, 4) is 5.75 Å². The largest absolute Gasteiger partial charge is 0.485 e. The SMILES string of the molecule is Nc1ncc(C(=O)N2CCCC(C(=O)N3CCOCC3)C2)cc1OCc1c(Cl)cccc1Cl. The van der Waals surface area contributed by atoms with Gasteiger partial charge >= 0.3 is 0 Å². The Morgan fingerprint density at radius 1 is 1.15 bits per heavy atom. The summed E-state index contributed by atoms with van der Waals surface area (Å²) in [5.41, 5.74) is 6.94. The zero-order valence-corrected chi connectivity index (χ0v) is 19.6. The van der Waals surface area contributed by atoms with E-state index in [1.54, 1.807) is 29.2 Å². The number of rotatable bonds is 5. The number of benzene rings is 1. The van der Waals surface area contributed by atoms with Crippen LogP contribution in [0.25, 0.3) is 0 Å². The monoisotopic (exact) mass is 492 g/mol. The van der Waals surface area contributed by atoms with Crippen molar-refractivity contribution in [1.82, 2.24) is 14.8 Å². The van der Waals surface area contributed by atoms with E-state index in [1.807, 2.05) is 4.90 Å². The maximum atomic E-state index is 13.2. The van der Waals surface area contributed by atoms with Crippen LogP contribution in [0.5, 0.6) is 5.75 Å². The summed E-state index contributed by atoms with van der Waals surface area (Å²) in [7, 11) is 0. The molecule has 10 heteroatoms. The van der Waals surface area contributed by atoms with Crippen LogP contribution in [-0.4, -0.2) is 66.0 Å². The predicted molar refractivity (Wildman–Crippen MR) is 125 cm³/mol. The first-order chi connectivity index (χ1) is 15.9. The van der Waals surface area contributed by atoms with E-state index in [2.05, 4.69) is 4.98 Å². The van der Waals surface area contributed by atoms with Crippen LogP contribution in [0.4, 0.5) is 5.82 Å². The number of carbonyl (C=O) groups excluding carboxylic acids is 2. The second kappa shape index (κ2) is 10.6. The first-order valence-corrected chi connectivity index (χ1v) is 11.7. The van der Waals surface area contributed by atoms with E-state index in [-0.39, 0.29) is 35.9 Å². The van der Waals surface area contributed by atoms with Gasteiger partial charge in [-0.15, -0.1) is 0 Å². The van der Waals surface area contributed by atoms with Crippen molar-refractivity contribution in [2.45, 2.75) is 19.4 Å². The fourth-order valence-corrected chi connectivity index (χ4v) is 4.60. The third-order valence-electron chi connectivity index (χ3n) is 5.94. The van der Waals surface area contributed by atoms with Crippen LogP contribution in [0.3, 0.4) is 0 Å². The van der Waals surface area contributed by atoms with Gasteiger partial charge in [0.2, 0.25) is 5.91 Å². The van der Waals surface area contributed by atoms with Crippen LogP contribution in [0.2, 0.25) is 10.0 Å². The van der Waals surface area contributed by atoms with Gasteiger partial charge in [-0.05, 0) is 31.0 Å². The molecule has 1 aromatic carbocycles. The van der Waals surface area contributed by atoms with Gasteiger partial charge in [-0.1, -0.05) is 29.3 Å². The van der Waals surface area contributed by atoms with Crippen LogP contribution < -0.4 is 10.5 Å². The highest BCUT2D eigenvalue weighted by molar-refractivity contribution is 6.35. The van der Waals surface area contributed by atoms with Gasteiger partial charge in [-0.2, -0.15) is 0 Å². The molecule has 0 bridgehead atoms. The molecule has 0 spiro atoms. The number of ether oxygens (including phenoxy) is 2. The third kappa shape index (κ3) is 5.51. The molecule has 176 valence electrons. The van der Waals surface area contributed by atoms with Gasteiger partial charge in [0.25, 0.3) is 5.91 Å². The minimum atomic E-state index is -0.208. The molecule has 0 saturated carbocycles. The van der Waals surface area contributed by atoms with E-state index in [1.165, 1.54) is 6.20 Å². The Morgan fingerprint density at radius 3 is 2.61 bits per heavy atom. The van der Waals surface area contributed by atoms with Gasteiger partial charge in [-0.3, -0.25) is 9.59 Å². The molecule has 2 aliphatic rings. The lowest BCUT2D eigenvalue weighted by Crippen LogP contribution is -2.49. The number of piperidine rings is 1. The Morgan fingerprint density at radius 2 is 1.88 bits per heavy atom. The Bertz CT molecular complexity index is 1010. The van der Waals surface area contributed by atoms with Crippen LogP contribution in [0.15, 0.2) is 30.5 Å². The molecule has 2 fully saturated rings. The highest BCUT2D eigenvalue weighted by Gasteiger charge is 2.32. The molecule has 2 aromatic rings. The fraction of sp³-hybridized carbons (Fsp3) is 0.435. The van der Waals surface area contributed by atoms with E-state index in [0.29, 0.717) is 60.6 Å². The summed E-state index contributed by atoms with van der Waals surface area (Å²) in [6.45, 7) is 3.36. The second-order valence-corrected chi connectivity index (χ2v) is 8.94. The first kappa shape index (κ1) is 23.6. The average molecular weight is 493 g/mol. The van der Waals surface area contributed by atoms with Crippen molar-refractivity contribution in [2.24, 2.45) is 5.92 Å². The summed E-state index contributed by atoms with van der Waals surface area (Å²) in [5.74, 6) is 0.110. The second-order valence-electron chi connectivity index (χ2n) is 8.12. The molecule has 8 nitrogen and oxygen atoms in total. The molecule has 0 aliphatic carbocycles. The van der Waals surface area contributed by atoms with Crippen LogP contribution in [-0.2, 0) is 16.1 Å².